The predicted octanol–water partition coefficient (Wildman–Crippen LogP) is 3.05. The van der Waals surface area contributed by atoms with E-state index in [-0.39, 0.29) is 0 Å². The van der Waals surface area contributed by atoms with E-state index in [0.29, 0.717) is 6.04 Å². The van der Waals surface area contributed by atoms with Gasteiger partial charge in [0.2, 0.25) is 0 Å². The Hall–Kier alpha value is -1.03. The highest BCUT2D eigenvalue weighted by Gasteiger charge is 2.19. The quantitative estimate of drug-likeness (QED) is 0.858. The van der Waals surface area contributed by atoms with E-state index in [4.69, 9.17) is 16.0 Å². The number of likely N-dealkylation sites (N-methyl/N-ethyl adjacent to an activating group) is 1. The smallest absolute Gasteiger partial charge is 0.135 e. The van der Waals surface area contributed by atoms with Gasteiger partial charge in [0, 0.05) is 29.6 Å². The molecule has 1 atom stereocenters. The first-order valence-corrected chi connectivity index (χ1v) is 6.71. The summed E-state index contributed by atoms with van der Waals surface area (Å²) in [4.78, 5) is 2.34. The Kier molecular flexibility index (Phi) is 3.29. The van der Waals surface area contributed by atoms with Crippen LogP contribution in [0.1, 0.15) is 18.2 Å². The molecule has 1 unspecified atom stereocenters. The molecule has 2 heterocycles. The molecule has 1 aliphatic heterocycles. The molecule has 0 saturated carbocycles. The predicted molar refractivity (Wildman–Crippen MR) is 74.1 cm³/mol. The van der Waals surface area contributed by atoms with Gasteiger partial charge in [-0.3, -0.25) is 0 Å². The van der Waals surface area contributed by atoms with Crippen LogP contribution < -0.4 is 5.32 Å². The fourth-order valence-electron chi connectivity index (χ4n) is 2.43. The maximum Gasteiger partial charge on any atom is 0.135 e. The van der Waals surface area contributed by atoms with Crippen LogP contribution in [0.15, 0.2) is 28.7 Å². The minimum Gasteiger partial charge on any atom is -0.459 e. The number of fused-ring (bicyclic) bond motifs is 1. The highest BCUT2D eigenvalue weighted by molar-refractivity contribution is 6.31. The number of rotatable bonds is 1. The summed E-state index contributed by atoms with van der Waals surface area (Å²) in [6.45, 7) is 3.18. The third-order valence-corrected chi connectivity index (χ3v) is 3.76. The normalized spacial score (nSPS) is 22.2. The molecular weight excluding hydrogens is 248 g/mol. The van der Waals surface area contributed by atoms with Gasteiger partial charge in [0.25, 0.3) is 0 Å². The van der Waals surface area contributed by atoms with Gasteiger partial charge in [0.15, 0.2) is 0 Å². The van der Waals surface area contributed by atoms with Crippen molar-refractivity contribution < 1.29 is 4.42 Å². The number of nitrogens with zero attached hydrogens (tertiary/aromatic N) is 1. The molecule has 1 N–H and O–H groups in total. The van der Waals surface area contributed by atoms with Gasteiger partial charge in [-0.1, -0.05) is 11.6 Å². The lowest BCUT2D eigenvalue weighted by Gasteiger charge is -2.12. The van der Waals surface area contributed by atoms with Gasteiger partial charge in [0.05, 0.1) is 6.04 Å². The summed E-state index contributed by atoms with van der Waals surface area (Å²) in [6, 6.07) is 8.21. The van der Waals surface area contributed by atoms with E-state index in [2.05, 4.69) is 23.3 Å². The van der Waals surface area contributed by atoms with Crippen molar-refractivity contribution in [3.63, 3.8) is 0 Å². The van der Waals surface area contributed by atoms with E-state index < -0.39 is 0 Å². The first-order valence-electron chi connectivity index (χ1n) is 6.33. The lowest BCUT2D eigenvalue weighted by molar-refractivity contribution is 0.351. The monoisotopic (exact) mass is 264 g/mol. The highest BCUT2D eigenvalue weighted by Crippen LogP contribution is 2.28. The third-order valence-electron chi connectivity index (χ3n) is 3.53. The maximum absolute atomic E-state index is 5.98. The van der Waals surface area contributed by atoms with Crippen molar-refractivity contribution in [2.24, 2.45) is 0 Å². The van der Waals surface area contributed by atoms with E-state index in [1.807, 2.05) is 18.2 Å². The summed E-state index contributed by atoms with van der Waals surface area (Å²) >= 11 is 5.98. The first-order chi connectivity index (χ1) is 8.72. The standard InChI is InChI=1S/C14H17ClN2O/c1-17-6-4-12(16-5-7-17)14-8-10-2-3-11(15)9-13(10)18-14/h2-3,8-9,12,16H,4-7H2,1H3. The van der Waals surface area contributed by atoms with Crippen molar-refractivity contribution in [1.29, 1.82) is 0 Å². The maximum atomic E-state index is 5.98. The Morgan fingerprint density at radius 3 is 3.11 bits per heavy atom. The molecule has 1 fully saturated rings. The summed E-state index contributed by atoms with van der Waals surface area (Å²) < 4.78 is 5.91. The molecule has 3 nitrogen and oxygen atoms in total. The van der Waals surface area contributed by atoms with E-state index in [9.17, 15) is 0 Å². The minimum atomic E-state index is 0.307. The SMILES string of the molecule is CN1CCNC(c2cc3ccc(Cl)cc3o2)CC1. The second-order valence-corrected chi connectivity index (χ2v) is 5.37. The summed E-state index contributed by atoms with van der Waals surface area (Å²) in [7, 11) is 2.16. The largest absolute Gasteiger partial charge is 0.459 e. The topological polar surface area (TPSA) is 28.4 Å². The molecule has 0 radical (unpaired) electrons. The Bertz CT molecular complexity index is 552. The van der Waals surface area contributed by atoms with Crippen molar-refractivity contribution in [3.05, 3.63) is 35.0 Å². The molecule has 1 aromatic heterocycles. The zero-order valence-electron chi connectivity index (χ0n) is 10.4. The molecule has 0 amide bonds. The summed E-state index contributed by atoms with van der Waals surface area (Å²) in [5, 5.41) is 5.37. The number of benzene rings is 1. The molecule has 96 valence electrons. The fraction of sp³-hybridized carbons (Fsp3) is 0.429. The minimum absolute atomic E-state index is 0.307. The second-order valence-electron chi connectivity index (χ2n) is 4.93. The van der Waals surface area contributed by atoms with E-state index in [1.165, 1.54) is 0 Å². The molecule has 0 aliphatic carbocycles. The molecule has 4 heteroatoms. The van der Waals surface area contributed by atoms with Crippen molar-refractivity contribution in [2.45, 2.75) is 12.5 Å². The van der Waals surface area contributed by atoms with Crippen molar-refractivity contribution in [3.8, 4) is 0 Å². The Balaban J connectivity index is 1.89. The fourth-order valence-corrected chi connectivity index (χ4v) is 2.60. The molecule has 2 aromatic rings. The van der Waals surface area contributed by atoms with Crippen molar-refractivity contribution >= 4 is 22.6 Å². The molecule has 18 heavy (non-hydrogen) atoms. The second kappa shape index (κ2) is 4.92. The Morgan fingerprint density at radius 2 is 2.22 bits per heavy atom. The Labute approximate surface area is 112 Å². The lowest BCUT2D eigenvalue weighted by Crippen LogP contribution is -2.24. The zero-order chi connectivity index (χ0) is 12.5. The van der Waals surface area contributed by atoms with Gasteiger partial charge in [-0.15, -0.1) is 0 Å². The summed E-state index contributed by atoms with van der Waals surface area (Å²) in [5.74, 6) is 1.02. The summed E-state index contributed by atoms with van der Waals surface area (Å²) in [6.07, 6.45) is 1.07. The van der Waals surface area contributed by atoms with Crippen LogP contribution in [0.3, 0.4) is 0 Å². The molecule has 1 aliphatic rings. The van der Waals surface area contributed by atoms with Gasteiger partial charge >= 0.3 is 0 Å². The number of hydrogen-bond acceptors (Lipinski definition) is 3. The van der Waals surface area contributed by atoms with Gasteiger partial charge < -0.3 is 14.6 Å². The van der Waals surface area contributed by atoms with Crippen LogP contribution in [0.5, 0.6) is 0 Å². The van der Waals surface area contributed by atoms with E-state index >= 15 is 0 Å². The molecule has 1 aromatic carbocycles. The molecule has 3 rings (SSSR count). The number of hydrogen-bond donors (Lipinski definition) is 1. The van der Waals surface area contributed by atoms with E-state index in [1.54, 1.807) is 0 Å². The van der Waals surface area contributed by atoms with Crippen LogP contribution in [0, 0.1) is 0 Å². The average molecular weight is 265 g/mol. The van der Waals surface area contributed by atoms with Crippen LogP contribution in [0.4, 0.5) is 0 Å². The zero-order valence-corrected chi connectivity index (χ0v) is 11.2. The highest BCUT2D eigenvalue weighted by atomic mass is 35.5. The van der Waals surface area contributed by atoms with Crippen LogP contribution in [0.2, 0.25) is 5.02 Å². The van der Waals surface area contributed by atoms with Gasteiger partial charge in [-0.2, -0.15) is 0 Å². The van der Waals surface area contributed by atoms with E-state index in [0.717, 1.165) is 47.8 Å². The molecule has 0 spiro atoms. The molecular formula is C14H17ClN2O. The third kappa shape index (κ3) is 2.39. The molecule has 0 bridgehead atoms. The van der Waals surface area contributed by atoms with Crippen LogP contribution >= 0.6 is 11.6 Å². The lowest BCUT2D eigenvalue weighted by atomic mass is 10.1. The van der Waals surface area contributed by atoms with Gasteiger partial charge in [-0.25, -0.2) is 0 Å². The van der Waals surface area contributed by atoms with Crippen molar-refractivity contribution in [2.75, 3.05) is 26.7 Å². The average Bonchev–Trinajstić information content (AvgIpc) is 2.63. The van der Waals surface area contributed by atoms with Gasteiger partial charge in [-0.05, 0) is 38.2 Å². The first kappa shape index (κ1) is 12.0. The van der Waals surface area contributed by atoms with Crippen LogP contribution in [-0.2, 0) is 0 Å². The van der Waals surface area contributed by atoms with Crippen LogP contribution in [0.25, 0.3) is 11.0 Å². The summed E-state index contributed by atoms with van der Waals surface area (Å²) in [5.41, 5.74) is 0.872. The number of nitrogens with one attached hydrogen (secondary N) is 1. The number of halogens is 1. The Morgan fingerprint density at radius 1 is 1.33 bits per heavy atom. The van der Waals surface area contributed by atoms with Crippen LogP contribution in [-0.4, -0.2) is 31.6 Å². The molecule has 1 saturated heterocycles. The van der Waals surface area contributed by atoms with Crippen molar-refractivity contribution in [1.82, 2.24) is 10.2 Å². The number of furan rings is 1. The van der Waals surface area contributed by atoms with Gasteiger partial charge in [0.1, 0.15) is 11.3 Å².